The zero-order chi connectivity index (χ0) is 75.8. The first-order chi connectivity index (χ1) is 49.7. The maximum atomic E-state index is 13.1. The van der Waals surface area contributed by atoms with Crippen LogP contribution in [0.3, 0.4) is 0 Å². The highest BCUT2D eigenvalue weighted by molar-refractivity contribution is 7.47. The number of aliphatic hydroxyl groups is 1. The molecule has 0 fully saturated rings. The van der Waals surface area contributed by atoms with Crippen LogP contribution in [0.2, 0.25) is 0 Å². The van der Waals surface area contributed by atoms with Gasteiger partial charge in [-0.1, -0.05) is 389 Å². The maximum absolute atomic E-state index is 13.1. The highest BCUT2D eigenvalue weighted by Gasteiger charge is 2.30. The Morgan fingerprint density at radius 2 is 0.447 bits per heavy atom. The van der Waals surface area contributed by atoms with Gasteiger partial charge in [0.05, 0.1) is 26.4 Å². The van der Waals surface area contributed by atoms with Crippen LogP contribution in [0.1, 0.15) is 440 Å². The Morgan fingerprint density at radius 1 is 0.262 bits per heavy atom. The van der Waals surface area contributed by atoms with Crippen LogP contribution in [0.4, 0.5) is 0 Å². The monoisotopic (exact) mass is 1510 g/mol. The molecule has 0 amide bonds. The van der Waals surface area contributed by atoms with E-state index >= 15 is 0 Å². The van der Waals surface area contributed by atoms with Crippen LogP contribution in [0.15, 0.2) is 0 Å². The SMILES string of the molecule is CCCCCCCCCCCCCCCCCCC(=O)O[C@H](COC(=O)CCCCCCCCCC(C)C)COP(=O)(O)OC[C@H](O)COP(=O)(O)OC[C@@H](COC(=O)CCCCCCCCCCCCCCCC(C)C)OC(=O)CCCCCCCCCCCCCCCCCCCCC(C)C. The highest BCUT2D eigenvalue weighted by Crippen LogP contribution is 2.45. The summed E-state index contributed by atoms with van der Waals surface area (Å²) in [5.41, 5.74) is 0. The van der Waals surface area contributed by atoms with Crippen molar-refractivity contribution < 1.29 is 80.2 Å². The van der Waals surface area contributed by atoms with Crippen LogP contribution >= 0.6 is 15.6 Å². The van der Waals surface area contributed by atoms with Crippen LogP contribution in [0.25, 0.3) is 0 Å². The molecule has 0 aromatic rings. The first-order valence-corrected chi connectivity index (χ1v) is 46.3. The lowest BCUT2D eigenvalue weighted by atomic mass is 10.0. The molecule has 0 saturated carbocycles. The summed E-state index contributed by atoms with van der Waals surface area (Å²) in [6.07, 6.45) is 63.9. The van der Waals surface area contributed by atoms with E-state index in [1.807, 2.05) is 0 Å². The van der Waals surface area contributed by atoms with Gasteiger partial charge in [0, 0.05) is 25.7 Å². The first-order valence-electron chi connectivity index (χ1n) is 43.3. The second kappa shape index (κ2) is 74.2. The number of phosphoric ester groups is 2. The molecule has 0 aromatic heterocycles. The third-order valence-electron chi connectivity index (χ3n) is 19.6. The van der Waals surface area contributed by atoms with Crippen LogP contribution in [0.5, 0.6) is 0 Å². The number of phosphoric acid groups is 2. The molecule has 5 atom stereocenters. The number of carbonyl (C=O) groups is 4. The normalized spacial score (nSPS) is 13.9. The lowest BCUT2D eigenvalue weighted by Gasteiger charge is -2.21. The van der Waals surface area contributed by atoms with E-state index in [2.05, 4.69) is 48.5 Å². The number of hydrogen-bond donors (Lipinski definition) is 3. The minimum Gasteiger partial charge on any atom is -0.462 e. The molecule has 612 valence electrons. The maximum Gasteiger partial charge on any atom is 0.472 e. The Bertz CT molecular complexity index is 1990. The van der Waals surface area contributed by atoms with Crippen molar-refractivity contribution in [2.45, 2.75) is 458 Å². The summed E-state index contributed by atoms with van der Waals surface area (Å²) in [6, 6.07) is 0. The van der Waals surface area contributed by atoms with E-state index in [1.54, 1.807) is 0 Å². The number of rotatable bonds is 82. The fraction of sp³-hybridized carbons (Fsp3) is 0.952. The largest absolute Gasteiger partial charge is 0.472 e. The summed E-state index contributed by atoms with van der Waals surface area (Å²) in [5.74, 6) is 0.209. The van der Waals surface area contributed by atoms with Crippen molar-refractivity contribution in [3.8, 4) is 0 Å². The average molecular weight is 1510 g/mol. The van der Waals surface area contributed by atoms with E-state index in [1.165, 1.54) is 244 Å². The van der Waals surface area contributed by atoms with Crippen molar-refractivity contribution in [2.75, 3.05) is 39.6 Å². The molecule has 0 rings (SSSR count). The first kappa shape index (κ1) is 101. The minimum atomic E-state index is -4.96. The number of unbranched alkanes of at least 4 members (excludes halogenated alkanes) is 50. The van der Waals surface area contributed by atoms with Crippen molar-refractivity contribution in [2.24, 2.45) is 17.8 Å². The van der Waals surface area contributed by atoms with Crippen molar-refractivity contribution in [1.82, 2.24) is 0 Å². The summed E-state index contributed by atoms with van der Waals surface area (Å²) < 4.78 is 68.8. The molecular formula is C84H164O17P2. The van der Waals surface area contributed by atoms with Gasteiger partial charge in [0.1, 0.15) is 19.3 Å². The fourth-order valence-electron chi connectivity index (χ4n) is 13.0. The van der Waals surface area contributed by atoms with Crippen LogP contribution in [-0.2, 0) is 65.4 Å². The number of hydrogen-bond acceptors (Lipinski definition) is 15. The van der Waals surface area contributed by atoms with Gasteiger partial charge in [-0.25, -0.2) is 9.13 Å². The van der Waals surface area contributed by atoms with Gasteiger partial charge in [-0.2, -0.15) is 0 Å². The van der Waals surface area contributed by atoms with Crippen LogP contribution < -0.4 is 0 Å². The molecule has 103 heavy (non-hydrogen) atoms. The third-order valence-corrected chi connectivity index (χ3v) is 21.5. The Morgan fingerprint density at radius 3 is 0.660 bits per heavy atom. The minimum absolute atomic E-state index is 0.108. The Hall–Kier alpha value is -1.94. The van der Waals surface area contributed by atoms with Crippen molar-refractivity contribution in [1.29, 1.82) is 0 Å². The molecule has 0 spiro atoms. The lowest BCUT2D eigenvalue weighted by molar-refractivity contribution is -0.161. The third kappa shape index (κ3) is 78.0. The quantitative estimate of drug-likeness (QED) is 0.0222. The molecule has 0 aliphatic rings. The summed E-state index contributed by atoms with van der Waals surface area (Å²) in [6.45, 7) is 12.0. The Labute approximate surface area is 632 Å². The smallest absolute Gasteiger partial charge is 0.462 e. The Kier molecular flexibility index (Phi) is 72.8. The summed E-state index contributed by atoms with van der Waals surface area (Å²) in [5, 5.41) is 10.7. The van der Waals surface area contributed by atoms with E-state index in [9.17, 15) is 43.2 Å². The van der Waals surface area contributed by atoms with Crippen molar-refractivity contribution in [3.63, 3.8) is 0 Å². The second-order valence-electron chi connectivity index (χ2n) is 31.6. The van der Waals surface area contributed by atoms with Gasteiger partial charge in [0.15, 0.2) is 12.2 Å². The molecule has 2 unspecified atom stereocenters. The van der Waals surface area contributed by atoms with Crippen LogP contribution in [0, 0.1) is 17.8 Å². The van der Waals surface area contributed by atoms with Gasteiger partial charge in [-0.05, 0) is 43.4 Å². The summed E-state index contributed by atoms with van der Waals surface area (Å²) in [4.78, 5) is 73.1. The molecule has 0 radical (unpaired) electrons. The summed E-state index contributed by atoms with van der Waals surface area (Å²) >= 11 is 0. The lowest BCUT2D eigenvalue weighted by Crippen LogP contribution is -2.30. The Balaban J connectivity index is 5.23. The number of carbonyl (C=O) groups excluding carboxylic acids is 4. The molecule has 3 N–H and O–H groups in total. The number of esters is 4. The molecule has 0 saturated heterocycles. The van der Waals surface area contributed by atoms with Crippen LogP contribution in [-0.4, -0.2) is 96.7 Å². The van der Waals surface area contributed by atoms with E-state index in [-0.39, 0.29) is 25.7 Å². The predicted molar refractivity (Wildman–Crippen MR) is 423 cm³/mol. The zero-order valence-electron chi connectivity index (χ0n) is 67.8. The predicted octanol–water partition coefficient (Wildman–Crippen LogP) is 25.3. The topological polar surface area (TPSA) is 237 Å². The second-order valence-corrected chi connectivity index (χ2v) is 34.6. The molecule has 17 nitrogen and oxygen atoms in total. The fourth-order valence-corrected chi connectivity index (χ4v) is 14.6. The number of ether oxygens (including phenoxy) is 4. The molecule has 19 heteroatoms. The zero-order valence-corrected chi connectivity index (χ0v) is 69.6. The molecule has 0 aliphatic heterocycles. The number of aliphatic hydroxyl groups excluding tert-OH is 1. The molecule has 0 bridgehead atoms. The van der Waals surface area contributed by atoms with E-state index in [4.69, 9.17) is 37.0 Å². The summed E-state index contributed by atoms with van der Waals surface area (Å²) in [7, 11) is -9.93. The van der Waals surface area contributed by atoms with Gasteiger partial charge in [-0.15, -0.1) is 0 Å². The molecular weight excluding hydrogens is 1340 g/mol. The van der Waals surface area contributed by atoms with Gasteiger partial charge in [0.2, 0.25) is 0 Å². The highest BCUT2D eigenvalue weighted by atomic mass is 31.2. The molecule has 0 aliphatic carbocycles. The van der Waals surface area contributed by atoms with Gasteiger partial charge < -0.3 is 33.8 Å². The average Bonchev–Trinajstić information content (AvgIpc) is 0.955. The van der Waals surface area contributed by atoms with Gasteiger partial charge in [0.25, 0.3) is 0 Å². The van der Waals surface area contributed by atoms with Crippen molar-refractivity contribution >= 4 is 39.5 Å². The van der Waals surface area contributed by atoms with Gasteiger partial charge in [-0.3, -0.25) is 37.3 Å². The van der Waals surface area contributed by atoms with E-state index < -0.39 is 97.5 Å². The molecule has 0 aromatic carbocycles. The van der Waals surface area contributed by atoms with Gasteiger partial charge >= 0.3 is 39.5 Å². The van der Waals surface area contributed by atoms with E-state index in [0.717, 1.165) is 108 Å². The molecule has 0 heterocycles. The van der Waals surface area contributed by atoms with E-state index in [0.29, 0.717) is 31.6 Å². The standard InChI is InChI=1S/C84H164O17P2/c1-8-9-10-11-12-13-14-15-16-22-27-33-38-45-53-60-68-84(89)101-80(72-95-82(87)66-59-52-47-40-43-50-57-64-77(6)7)74-99-103(92,93)97-70-78(85)69-96-102(90,91)98-73-79(71-94-81(86)65-58-51-44-37-32-29-24-26-31-36-42-49-56-63-76(4)5)100-83(88)67-61-54-46-39-34-28-23-20-18-17-19-21-25-30-35-41-48-55-62-75(2)3/h75-80,85H,8-74H2,1-7H3,(H,90,91)(H,92,93)/t78-,79-,80-/m1/s1. The van der Waals surface area contributed by atoms with Crippen molar-refractivity contribution in [3.05, 3.63) is 0 Å².